The highest BCUT2D eigenvalue weighted by Gasteiger charge is 2.45. The van der Waals surface area contributed by atoms with Gasteiger partial charge in [0.2, 0.25) is 0 Å². The Morgan fingerprint density at radius 2 is 1.56 bits per heavy atom. The fourth-order valence-electron chi connectivity index (χ4n) is 4.29. The summed E-state index contributed by atoms with van der Waals surface area (Å²) in [6, 6.07) is 10.8. The van der Waals surface area contributed by atoms with Crippen LogP contribution in [0.15, 0.2) is 48.5 Å². The van der Waals surface area contributed by atoms with Crippen molar-refractivity contribution in [1.29, 1.82) is 0 Å². The van der Waals surface area contributed by atoms with Gasteiger partial charge in [-0.25, -0.2) is 4.79 Å². The minimum Gasteiger partial charge on any atom is -0.462 e. The molecule has 0 radical (unpaired) electrons. The molecule has 0 spiro atoms. The SMILES string of the molecule is Nc1cc(N)cc(CCOC(=O)/C=C/c2ccc(OC(F)(F)C3CCC(CC(F)(F)F)CC3)cc2)c1. The zero-order valence-corrected chi connectivity index (χ0v) is 19.6. The molecule has 0 amide bonds. The molecule has 0 unspecified atom stereocenters. The lowest BCUT2D eigenvalue weighted by atomic mass is 9.80. The van der Waals surface area contributed by atoms with Crippen molar-refractivity contribution in [3.8, 4) is 5.75 Å². The molecule has 1 aliphatic rings. The van der Waals surface area contributed by atoms with Gasteiger partial charge < -0.3 is 20.9 Å². The number of hydrogen-bond acceptors (Lipinski definition) is 5. The zero-order valence-electron chi connectivity index (χ0n) is 19.6. The number of anilines is 2. The fourth-order valence-corrected chi connectivity index (χ4v) is 4.29. The highest BCUT2D eigenvalue weighted by atomic mass is 19.4. The van der Waals surface area contributed by atoms with E-state index >= 15 is 0 Å². The van der Waals surface area contributed by atoms with Gasteiger partial charge in [0.15, 0.2) is 0 Å². The standard InChI is InChI=1S/C26H29F5N2O3/c27-25(28,29)16-18-1-6-20(7-2-18)26(30,31)36-23-8-3-17(4-9-23)5-10-24(34)35-12-11-19-13-21(32)15-22(33)14-19/h3-5,8-10,13-15,18,20H,1-2,6-7,11-12,16,32-33H2/b10-5+. The summed E-state index contributed by atoms with van der Waals surface area (Å²) in [6.07, 6.45) is -5.43. The number of hydrogen-bond donors (Lipinski definition) is 2. The van der Waals surface area contributed by atoms with Crippen LogP contribution in [0.1, 0.15) is 43.2 Å². The van der Waals surface area contributed by atoms with E-state index in [2.05, 4.69) is 0 Å². The largest absolute Gasteiger partial charge is 0.462 e. The Balaban J connectivity index is 1.44. The van der Waals surface area contributed by atoms with E-state index < -0.39 is 36.5 Å². The van der Waals surface area contributed by atoms with Crippen molar-refractivity contribution in [2.75, 3.05) is 18.1 Å². The average molecular weight is 513 g/mol. The summed E-state index contributed by atoms with van der Waals surface area (Å²) in [5.74, 6) is -2.40. The number of nitrogen functional groups attached to an aromatic ring is 2. The Labute approximate surface area is 206 Å². The van der Waals surface area contributed by atoms with E-state index in [0.29, 0.717) is 23.4 Å². The van der Waals surface area contributed by atoms with E-state index in [9.17, 15) is 26.7 Å². The predicted octanol–water partition coefficient (Wildman–Crippen LogP) is 6.38. The smallest absolute Gasteiger partial charge is 0.400 e. The third kappa shape index (κ3) is 8.73. The number of carbonyl (C=O) groups is 1. The van der Waals surface area contributed by atoms with E-state index in [1.165, 1.54) is 36.4 Å². The molecule has 0 aromatic heterocycles. The minimum absolute atomic E-state index is 0.0261. The minimum atomic E-state index is -4.28. The fraction of sp³-hybridized carbons (Fsp3) is 0.423. The van der Waals surface area contributed by atoms with Crippen LogP contribution < -0.4 is 16.2 Å². The molecule has 3 rings (SSSR count). The summed E-state index contributed by atoms with van der Waals surface area (Å²) < 4.78 is 76.7. The van der Waals surface area contributed by atoms with Gasteiger partial charge in [-0.2, -0.15) is 22.0 Å². The Hall–Kier alpha value is -3.30. The number of nitrogens with two attached hydrogens (primary N) is 2. The second-order valence-corrected chi connectivity index (χ2v) is 9.03. The lowest BCUT2D eigenvalue weighted by Gasteiger charge is -2.33. The van der Waals surface area contributed by atoms with Gasteiger partial charge >= 0.3 is 18.3 Å². The van der Waals surface area contributed by atoms with Crippen LogP contribution >= 0.6 is 0 Å². The van der Waals surface area contributed by atoms with Crippen LogP contribution in [-0.4, -0.2) is 24.9 Å². The van der Waals surface area contributed by atoms with Crippen LogP contribution in [0.5, 0.6) is 5.75 Å². The number of alkyl halides is 5. The van der Waals surface area contributed by atoms with Gasteiger partial charge in [0, 0.05) is 30.3 Å². The van der Waals surface area contributed by atoms with Gasteiger partial charge in [0.05, 0.1) is 12.5 Å². The molecule has 0 atom stereocenters. The number of rotatable bonds is 9. The number of benzene rings is 2. The maximum atomic E-state index is 14.6. The van der Waals surface area contributed by atoms with Gasteiger partial charge in [0.1, 0.15) is 5.75 Å². The summed E-state index contributed by atoms with van der Waals surface area (Å²) in [7, 11) is 0. The molecular weight excluding hydrogens is 483 g/mol. The van der Waals surface area contributed by atoms with E-state index in [0.717, 1.165) is 5.56 Å². The molecule has 0 aliphatic heterocycles. The molecule has 36 heavy (non-hydrogen) atoms. The third-order valence-corrected chi connectivity index (χ3v) is 6.06. The van der Waals surface area contributed by atoms with Gasteiger partial charge in [-0.3, -0.25) is 0 Å². The van der Waals surface area contributed by atoms with Crippen molar-refractivity contribution >= 4 is 23.4 Å². The maximum absolute atomic E-state index is 14.6. The molecule has 10 heteroatoms. The molecule has 2 aromatic carbocycles. The van der Waals surface area contributed by atoms with Crippen molar-refractivity contribution in [2.24, 2.45) is 11.8 Å². The molecule has 2 aromatic rings. The van der Waals surface area contributed by atoms with Crippen molar-refractivity contribution in [2.45, 2.75) is 50.8 Å². The first-order valence-electron chi connectivity index (χ1n) is 11.6. The third-order valence-electron chi connectivity index (χ3n) is 6.06. The summed E-state index contributed by atoms with van der Waals surface area (Å²) in [6.45, 7) is 0.131. The number of ether oxygens (including phenoxy) is 2. The molecule has 1 fully saturated rings. The summed E-state index contributed by atoms with van der Waals surface area (Å²) >= 11 is 0. The topological polar surface area (TPSA) is 87.6 Å². The van der Waals surface area contributed by atoms with E-state index in [-0.39, 0.29) is 38.0 Å². The van der Waals surface area contributed by atoms with Crippen molar-refractivity contribution < 1.29 is 36.2 Å². The molecule has 0 bridgehead atoms. The van der Waals surface area contributed by atoms with Crippen LogP contribution in [-0.2, 0) is 16.0 Å². The Morgan fingerprint density at radius 1 is 0.944 bits per heavy atom. The number of carbonyl (C=O) groups excluding carboxylic acids is 1. The van der Waals surface area contributed by atoms with Gasteiger partial charge in [-0.05, 0) is 79.1 Å². The lowest BCUT2D eigenvalue weighted by molar-refractivity contribution is -0.225. The second-order valence-electron chi connectivity index (χ2n) is 9.03. The van der Waals surface area contributed by atoms with Crippen LogP contribution in [0.3, 0.4) is 0 Å². The summed E-state index contributed by atoms with van der Waals surface area (Å²) in [4.78, 5) is 11.9. The van der Waals surface area contributed by atoms with Gasteiger partial charge in [-0.15, -0.1) is 0 Å². The normalized spacial score (nSPS) is 18.8. The Bertz CT molecular complexity index is 1030. The van der Waals surface area contributed by atoms with Crippen molar-refractivity contribution in [3.05, 3.63) is 59.7 Å². The molecular formula is C26H29F5N2O3. The first kappa shape index (κ1) is 27.3. The number of esters is 1. The highest BCUT2D eigenvalue weighted by Crippen LogP contribution is 2.42. The molecule has 196 valence electrons. The van der Waals surface area contributed by atoms with Gasteiger partial charge in [0.25, 0.3) is 0 Å². The Morgan fingerprint density at radius 3 is 2.14 bits per heavy atom. The van der Waals surface area contributed by atoms with E-state index in [1.807, 2.05) is 0 Å². The van der Waals surface area contributed by atoms with Crippen molar-refractivity contribution in [3.63, 3.8) is 0 Å². The maximum Gasteiger partial charge on any atom is 0.400 e. The molecule has 0 heterocycles. The summed E-state index contributed by atoms with van der Waals surface area (Å²) in [5, 5.41) is 0. The Kier molecular flexibility index (Phi) is 8.81. The average Bonchev–Trinajstić information content (AvgIpc) is 2.77. The molecule has 1 saturated carbocycles. The predicted molar refractivity (Wildman–Crippen MR) is 127 cm³/mol. The summed E-state index contributed by atoms with van der Waals surface area (Å²) in [5.41, 5.74) is 13.9. The molecule has 5 nitrogen and oxygen atoms in total. The first-order valence-corrected chi connectivity index (χ1v) is 11.6. The quantitative estimate of drug-likeness (QED) is 0.176. The second kappa shape index (κ2) is 11.6. The van der Waals surface area contributed by atoms with Crippen LogP contribution in [0.4, 0.5) is 33.3 Å². The molecule has 0 saturated heterocycles. The first-order chi connectivity index (χ1) is 16.9. The highest BCUT2D eigenvalue weighted by molar-refractivity contribution is 5.87. The lowest BCUT2D eigenvalue weighted by Crippen LogP contribution is -2.37. The van der Waals surface area contributed by atoms with Crippen LogP contribution in [0.2, 0.25) is 0 Å². The van der Waals surface area contributed by atoms with E-state index in [1.54, 1.807) is 18.2 Å². The number of halogens is 5. The van der Waals surface area contributed by atoms with Gasteiger partial charge in [-0.1, -0.05) is 12.1 Å². The molecule has 4 N–H and O–H groups in total. The van der Waals surface area contributed by atoms with Crippen LogP contribution in [0, 0.1) is 11.8 Å². The van der Waals surface area contributed by atoms with E-state index in [4.69, 9.17) is 20.9 Å². The van der Waals surface area contributed by atoms with Crippen LogP contribution in [0.25, 0.3) is 6.08 Å². The zero-order chi connectivity index (χ0) is 26.3. The molecule has 1 aliphatic carbocycles. The monoisotopic (exact) mass is 512 g/mol. The van der Waals surface area contributed by atoms with Crippen molar-refractivity contribution in [1.82, 2.24) is 0 Å².